The smallest absolute Gasteiger partial charge is 0.344 e. The van der Waals surface area contributed by atoms with Crippen LogP contribution in [0.15, 0.2) is 69.2 Å². The van der Waals surface area contributed by atoms with Crippen LogP contribution in [0.3, 0.4) is 0 Å². The third-order valence-corrected chi connectivity index (χ3v) is 4.68. The molecule has 27 heavy (non-hydrogen) atoms. The fraction of sp³-hybridized carbons (Fsp3) is 0.100. The number of esters is 1. The predicted octanol–water partition coefficient (Wildman–Crippen LogP) is 3.31. The number of hydrogen-bond donors (Lipinski definition) is 1. The summed E-state index contributed by atoms with van der Waals surface area (Å²) in [5.41, 5.74) is 6.60. The summed E-state index contributed by atoms with van der Waals surface area (Å²) in [5, 5.41) is 1.03. The van der Waals surface area contributed by atoms with Crippen LogP contribution in [0.1, 0.15) is 17.0 Å². The van der Waals surface area contributed by atoms with Crippen LogP contribution in [-0.2, 0) is 9.53 Å². The van der Waals surface area contributed by atoms with Gasteiger partial charge in [-0.25, -0.2) is 9.59 Å². The number of methoxy groups -OCH3 is 1. The van der Waals surface area contributed by atoms with E-state index < -0.39 is 17.5 Å². The zero-order chi connectivity index (χ0) is 19.1. The van der Waals surface area contributed by atoms with Gasteiger partial charge in [-0.1, -0.05) is 35.9 Å². The molecule has 0 unspecified atom stereocenters. The minimum atomic E-state index is -0.833. The average molecular weight is 384 g/mol. The van der Waals surface area contributed by atoms with Gasteiger partial charge in [0.15, 0.2) is 5.75 Å². The average Bonchev–Trinajstić information content (AvgIpc) is 2.66. The largest absolute Gasteiger partial charge is 0.465 e. The number of halogens is 1. The van der Waals surface area contributed by atoms with Gasteiger partial charge in [0.05, 0.1) is 24.0 Å². The number of nitrogens with two attached hydrogens (primary N) is 1. The van der Waals surface area contributed by atoms with Crippen LogP contribution in [0.5, 0.6) is 5.75 Å². The number of para-hydroxylation sites is 1. The van der Waals surface area contributed by atoms with Crippen molar-refractivity contribution in [3.63, 3.8) is 0 Å². The van der Waals surface area contributed by atoms with Crippen LogP contribution in [0.4, 0.5) is 0 Å². The maximum Gasteiger partial charge on any atom is 0.344 e. The lowest BCUT2D eigenvalue weighted by molar-refractivity contribution is -0.136. The van der Waals surface area contributed by atoms with Crippen LogP contribution < -0.4 is 16.1 Å². The SMILES string of the molecule is COC(=O)C1=C(N)Oc2c(c(=O)oc3ccccc23)[C@H]1c1cccc(Cl)c1. The first kappa shape index (κ1) is 17.2. The second kappa shape index (κ2) is 6.48. The Morgan fingerprint density at radius 2 is 1.96 bits per heavy atom. The molecule has 0 aliphatic carbocycles. The minimum absolute atomic E-state index is 0.0230. The van der Waals surface area contributed by atoms with Crippen molar-refractivity contribution in [2.45, 2.75) is 5.92 Å². The number of benzene rings is 2. The second-order valence-corrected chi connectivity index (χ2v) is 6.42. The van der Waals surface area contributed by atoms with Crippen molar-refractivity contribution in [1.82, 2.24) is 0 Å². The van der Waals surface area contributed by atoms with E-state index in [1.807, 2.05) is 0 Å². The minimum Gasteiger partial charge on any atom is -0.465 e. The van der Waals surface area contributed by atoms with E-state index in [0.29, 0.717) is 21.6 Å². The van der Waals surface area contributed by atoms with Gasteiger partial charge in [0.1, 0.15) is 11.2 Å². The fourth-order valence-corrected chi connectivity index (χ4v) is 3.49. The topological polar surface area (TPSA) is 91.8 Å². The van der Waals surface area contributed by atoms with Gasteiger partial charge in [-0.05, 0) is 29.8 Å². The van der Waals surface area contributed by atoms with Gasteiger partial charge in [0, 0.05) is 5.02 Å². The summed E-state index contributed by atoms with van der Waals surface area (Å²) >= 11 is 6.13. The van der Waals surface area contributed by atoms with Crippen LogP contribution in [0.25, 0.3) is 11.0 Å². The van der Waals surface area contributed by atoms with Gasteiger partial charge in [-0.2, -0.15) is 0 Å². The van der Waals surface area contributed by atoms with Crippen molar-refractivity contribution in [3.8, 4) is 5.75 Å². The van der Waals surface area contributed by atoms with E-state index >= 15 is 0 Å². The molecular formula is C20H14ClNO5. The van der Waals surface area contributed by atoms with E-state index in [1.165, 1.54) is 7.11 Å². The maximum absolute atomic E-state index is 12.8. The molecule has 2 aromatic carbocycles. The van der Waals surface area contributed by atoms with E-state index in [1.54, 1.807) is 48.5 Å². The molecule has 1 atom stereocenters. The quantitative estimate of drug-likeness (QED) is 0.539. The van der Waals surface area contributed by atoms with Crippen molar-refractivity contribution < 1.29 is 18.7 Å². The highest BCUT2D eigenvalue weighted by molar-refractivity contribution is 6.30. The summed E-state index contributed by atoms with van der Waals surface area (Å²) in [7, 11) is 1.23. The maximum atomic E-state index is 12.8. The molecule has 136 valence electrons. The fourth-order valence-electron chi connectivity index (χ4n) is 3.29. The highest BCUT2D eigenvalue weighted by Crippen LogP contribution is 2.44. The van der Waals surface area contributed by atoms with Crippen molar-refractivity contribution in [2.75, 3.05) is 7.11 Å². The summed E-state index contributed by atoms with van der Waals surface area (Å²) in [6.45, 7) is 0. The molecule has 2 N–H and O–H groups in total. The third kappa shape index (κ3) is 2.74. The molecule has 3 aromatic rings. The molecule has 4 rings (SSSR count). The molecule has 7 heteroatoms. The molecule has 2 heterocycles. The van der Waals surface area contributed by atoms with Gasteiger partial charge in [0.2, 0.25) is 5.88 Å². The first-order valence-corrected chi connectivity index (χ1v) is 8.46. The Hall–Kier alpha value is -3.25. The van der Waals surface area contributed by atoms with E-state index in [4.69, 9.17) is 31.2 Å². The zero-order valence-electron chi connectivity index (χ0n) is 14.2. The number of carbonyl (C=O) groups excluding carboxylic acids is 1. The molecule has 0 amide bonds. The summed E-state index contributed by atoms with van der Waals surface area (Å²) in [4.78, 5) is 25.2. The molecule has 0 saturated carbocycles. The highest BCUT2D eigenvalue weighted by atomic mass is 35.5. The number of hydrogen-bond acceptors (Lipinski definition) is 6. The molecule has 1 aliphatic rings. The van der Waals surface area contributed by atoms with Crippen molar-refractivity contribution in [1.29, 1.82) is 0 Å². The lowest BCUT2D eigenvalue weighted by Gasteiger charge is -2.27. The van der Waals surface area contributed by atoms with Gasteiger partial charge in [-0.15, -0.1) is 0 Å². The monoisotopic (exact) mass is 383 g/mol. The molecule has 1 aliphatic heterocycles. The van der Waals surface area contributed by atoms with Gasteiger partial charge < -0.3 is 19.6 Å². The van der Waals surface area contributed by atoms with Crippen molar-refractivity contribution in [3.05, 3.63) is 86.6 Å². The summed E-state index contributed by atoms with van der Waals surface area (Å²) in [6.07, 6.45) is 0. The molecule has 0 saturated heterocycles. The van der Waals surface area contributed by atoms with E-state index in [0.717, 1.165) is 0 Å². The van der Waals surface area contributed by atoms with Gasteiger partial charge in [0.25, 0.3) is 0 Å². The zero-order valence-corrected chi connectivity index (χ0v) is 14.9. The Kier molecular flexibility index (Phi) is 4.12. The lowest BCUT2D eigenvalue weighted by atomic mass is 9.83. The van der Waals surface area contributed by atoms with Gasteiger partial charge in [-0.3, -0.25) is 0 Å². The normalized spacial score (nSPS) is 16.0. The van der Waals surface area contributed by atoms with Crippen molar-refractivity contribution >= 4 is 28.5 Å². The predicted molar refractivity (Wildman–Crippen MR) is 99.6 cm³/mol. The van der Waals surface area contributed by atoms with Crippen LogP contribution in [0, 0.1) is 0 Å². The Balaban J connectivity index is 2.09. The summed E-state index contributed by atoms with van der Waals surface area (Å²) in [6, 6.07) is 13.8. The first-order valence-electron chi connectivity index (χ1n) is 8.08. The summed E-state index contributed by atoms with van der Waals surface area (Å²) in [5.74, 6) is -1.40. The molecule has 0 spiro atoms. The number of ether oxygens (including phenoxy) is 2. The van der Waals surface area contributed by atoms with Gasteiger partial charge >= 0.3 is 11.6 Å². The Labute approximate surface area is 158 Å². The van der Waals surface area contributed by atoms with Crippen molar-refractivity contribution in [2.24, 2.45) is 5.73 Å². The Morgan fingerprint density at radius 3 is 2.70 bits per heavy atom. The van der Waals surface area contributed by atoms with E-state index in [9.17, 15) is 9.59 Å². The Bertz CT molecular complexity index is 1160. The van der Waals surface area contributed by atoms with E-state index in [2.05, 4.69) is 0 Å². The van der Waals surface area contributed by atoms with E-state index in [-0.39, 0.29) is 22.8 Å². The lowest BCUT2D eigenvalue weighted by Crippen LogP contribution is -2.30. The molecule has 0 radical (unpaired) electrons. The van der Waals surface area contributed by atoms with Crippen LogP contribution in [-0.4, -0.2) is 13.1 Å². The Morgan fingerprint density at radius 1 is 1.19 bits per heavy atom. The molecule has 0 fully saturated rings. The highest BCUT2D eigenvalue weighted by Gasteiger charge is 2.39. The molecule has 1 aromatic heterocycles. The second-order valence-electron chi connectivity index (χ2n) is 5.99. The van der Waals surface area contributed by atoms with Crippen LogP contribution >= 0.6 is 11.6 Å². The molecular weight excluding hydrogens is 370 g/mol. The number of carbonyl (C=O) groups is 1. The molecule has 6 nitrogen and oxygen atoms in total. The third-order valence-electron chi connectivity index (χ3n) is 4.44. The first-order chi connectivity index (χ1) is 13.0. The number of rotatable bonds is 2. The number of fused-ring (bicyclic) bond motifs is 3. The molecule has 0 bridgehead atoms. The summed E-state index contributed by atoms with van der Waals surface area (Å²) < 4.78 is 16.0. The van der Waals surface area contributed by atoms with Crippen LogP contribution in [0.2, 0.25) is 5.02 Å². The standard InChI is InChI=1S/C20H14ClNO5/c1-25-19(23)16-14(10-5-4-6-11(21)9-10)15-17(27-18(16)22)12-7-2-3-8-13(12)26-20(15)24/h2-9,14H,22H2,1H3/t14-/m1/s1.